The van der Waals surface area contributed by atoms with Crippen LogP contribution in [0.25, 0.3) is 0 Å². The van der Waals surface area contributed by atoms with E-state index in [2.05, 4.69) is 20.6 Å². The second-order valence-corrected chi connectivity index (χ2v) is 3.46. The molecule has 1 saturated carbocycles. The van der Waals surface area contributed by atoms with Gasteiger partial charge in [0.1, 0.15) is 5.54 Å². The second-order valence-electron chi connectivity index (χ2n) is 3.46. The lowest BCUT2D eigenvalue weighted by Gasteiger charge is -2.44. The molecule has 0 radical (unpaired) electrons. The van der Waals surface area contributed by atoms with Crippen molar-refractivity contribution in [2.75, 3.05) is 0 Å². The van der Waals surface area contributed by atoms with Gasteiger partial charge in [-0.15, -0.1) is 10.2 Å². The third-order valence-electron chi connectivity index (χ3n) is 2.24. The smallest absolute Gasteiger partial charge is 0.405 e. The molecule has 9 heteroatoms. The molecule has 7 nitrogen and oxygen atoms in total. The summed E-state index contributed by atoms with van der Waals surface area (Å²) in [6.07, 6.45) is -2.69. The zero-order valence-electron chi connectivity index (χ0n) is 7.37. The summed E-state index contributed by atoms with van der Waals surface area (Å²) in [7, 11) is 0. The van der Waals surface area contributed by atoms with Gasteiger partial charge in [-0.25, -0.2) is 13.6 Å². The monoisotopic (exact) mass is 219 g/mol. The number of carbonyl (C=O) groups is 1. The van der Waals surface area contributed by atoms with E-state index < -0.39 is 30.4 Å². The topological polar surface area (TPSA) is 104 Å². The van der Waals surface area contributed by atoms with Crippen molar-refractivity contribution in [1.82, 2.24) is 25.9 Å². The van der Waals surface area contributed by atoms with Crippen molar-refractivity contribution in [3.05, 3.63) is 5.82 Å². The zero-order valence-corrected chi connectivity index (χ0v) is 7.37. The highest BCUT2D eigenvalue weighted by Crippen LogP contribution is 2.50. The summed E-state index contributed by atoms with van der Waals surface area (Å²) in [6.45, 7) is 0. The number of nitrogens with zero attached hydrogens (tertiary/aromatic N) is 3. The van der Waals surface area contributed by atoms with Crippen LogP contribution in [-0.4, -0.2) is 37.7 Å². The molecule has 0 unspecified atom stereocenters. The van der Waals surface area contributed by atoms with Crippen LogP contribution in [0.5, 0.6) is 0 Å². The summed E-state index contributed by atoms with van der Waals surface area (Å²) in [4.78, 5) is 10.5. The first-order valence-corrected chi connectivity index (χ1v) is 4.06. The predicted molar refractivity (Wildman–Crippen MR) is 41.2 cm³/mol. The molecule has 0 atom stereocenters. The van der Waals surface area contributed by atoms with Crippen molar-refractivity contribution < 1.29 is 18.7 Å². The standard InChI is InChI=1S/C6H7F2N5O2/c7-6(8)1-5(2-6,9-4(14)15)3-10-12-13-11-3/h9H,1-2H2,(H,14,15)(H,10,11,12,13). The number of halogens is 2. The number of H-pyrrole nitrogens is 1. The van der Waals surface area contributed by atoms with Crippen LogP contribution in [0.4, 0.5) is 13.6 Å². The Balaban J connectivity index is 2.23. The van der Waals surface area contributed by atoms with Crippen LogP contribution in [0.15, 0.2) is 0 Å². The van der Waals surface area contributed by atoms with Gasteiger partial charge in [0.2, 0.25) is 0 Å². The van der Waals surface area contributed by atoms with E-state index in [-0.39, 0.29) is 5.82 Å². The maximum atomic E-state index is 12.8. The number of nitrogens with one attached hydrogen (secondary N) is 2. The first-order valence-electron chi connectivity index (χ1n) is 4.06. The molecular weight excluding hydrogens is 212 g/mol. The Bertz CT molecular complexity index is 371. The molecule has 0 aliphatic heterocycles. The van der Waals surface area contributed by atoms with E-state index in [0.29, 0.717) is 0 Å². The molecular formula is C6H7F2N5O2. The number of amides is 1. The summed E-state index contributed by atoms with van der Waals surface area (Å²) in [5.41, 5.74) is -1.41. The molecule has 0 aromatic carbocycles. The number of aromatic nitrogens is 4. The van der Waals surface area contributed by atoms with Crippen LogP contribution < -0.4 is 5.32 Å². The number of carboxylic acid groups (broad SMARTS) is 1. The zero-order chi connectivity index (χ0) is 11.1. The molecule has 1 aliphatic rings. The molecule has 0 saturated heterocycles. The first kappa shape index (κ1) is 9.74. The van der Waals surface area contributed by atoms with E-state index in [4.69, 9.17) is 5.11 Å². The first-order chi connectivity index (χ1) is 6.94. The van der Waals surface area contributed by atoms with Crippen LogP contribution in [-0.2, 0) is 5.54 Å². The van der Waals surface area contributed by atoms with E-state index in [1.807, 2.05) is 5.32 Å². The third-order valence-corrected chi connectivity index (χ3v) is 2.24. The highest BCUT2D eigenvalue weighted by molar-refractivity contribution is 5.66. The minimum Gasteiger partial charge on any atom is -0.465 e. The van der Waals surface area contributed by atoms with Gasteiger partial charge in [-0.05, 0) is 0 Å². The minimum atomic E-state index is -2.89. The number of hydrogen-bond acceptors (Lipinski definition) is 4. The fraction of sp³-hybridized carbons (Fsp3) is 0.667. The van der Waals surface area contributed by atoms with Gasteiger partial charge in [-0.3, -0.25) is 0 Å². The Kier molecular flexibility index (Phi) is 1.85. The molecule has 15 heavy (non-hydrogen) atoms. The van der Waals surface area contributed by atoms with Crippen molar-refractivity contribution in [2.45, 2.75) is 24.3 Å². The second kappa shape index (κ2) is 2.84. The van der Waals surface area contributed by atoms with E-state index in [1.54, 1.807) is 0 Å². The summed E-state index contributed by atoms with van der Waals surface area (Å²) < 4.78 is 25.5. The Morgan fingerprint density at radius 2 is 2.20 bits per heavy atom. The Morgan fingerprint density at radius 3 is 2.60 bits per heavy atom. The summed E-state index contributed by atoms with van der Waals surface area (Å²) >= 11 is 0. The minimum absolute atomic E-state index is 0.0594. The van der Waals surface area contributed by atoms with Crippen molar-refractivity contribution >= 4 is 6.09 Å². The van der Waals surface area contributed by atoms with Gasteiger partial charge in [0.25, 0.3) is 5.92 Å². The van der Waals surface area contributed by atoms with Crippen LogP contribution in [0.2, 0.25) is 0 Å². The van der Waals surface area contributed by atoms with Crippen LogP contribution in [0, 0.1) is 0 Å². The lowest BCUT2D eigenvalue weighted by atomic mass is 9.73. The van der Waals surface area contributed by atoms with E-state index in [9.17, 15) is 13.6 Å². The maximum absolute atomic E-state index is 12.8. The van der Waals surface area contributed by atoms with Crippen molar-refractivity contribution in [3.8, 4) is 0 Å². The summed E-state index contributed by atoms with van der Waals surface area (Å²) in [5.74, 6) is -2.95. The lowest BCUT2D eigenvalue weighted by Crippen LogP contribution is -2.60. The van der Waals surface area contributed by atoms with Gasteiger partial charge in [-0.1, -0.05) is 5.21 Å². The van der Waals surface area contributed by atoms with Gasteiger partial charge in [0.15, 0.2) is 5.82 Å². The predicted octanol–water partition coefficient (Wildman–Crippen LogP) is 0.0917. The molecule has 3 N–H and O–H groups in total. The highest BCUT2D eigenvalue weighted by Gasteiger charge is 2.60. The third kappa shape index (κ3) is 1.60. The van der Waals surface area contributed by atoms with E-state index >= 15 is 0 Å². The Morgan fingerprint density at radius 1 is 1.53 bits per heavy atom. The van der Waals surface area contributed by atoms with Gasteiger partial charge >= 0.3 is 6.09 Å². The van der Waals surface area contributed by atoms with Crippen LogP contribution in [0.1, 0.15) is 18.7 Å². The molecule has 1 heterocycles. The number of hydrogen-bond donors (Lipinski definition) is 3. The van der Waals surface area contributed by atoms with Crippen molar-refractivity contribution in [1.29, 1.82) is 0 Å². The number of rotatable bonds is 2. The average molecular weight is 219 g/mol. The van der Waals surface area contributed by atoms with Crippen molar-refractivity contribution in [2.24, 2.45) is 0 Å². The largest absolute Gasteiger partial charge is 0.465 e. The fourth-order valence-electron chi connectivity index (χ4n) is 1.70. The molecule has 1 aromatic rings. The molecule has 1 aromatic heterocycles. The number of aromatic amines is 1. The molecule has 0 bridgehead atoms. The highest BCUT2D eigenvalue weighted by atomic mass is 19.3. The molecule has 0 spiro atoms. The fourth-order valence-corrected chi connectivity index (χ4v) is 1.70. The van der Waals surface area contributed by atoms with Gasteiger partial charge in [-0.2, -0.15) is 5.21 Å². The summed E-state index contributed by atoms with van der Waals surface area (Å²) in [6, 6.07) is 0. The normalized spacial score (nSPS) is 21.7. The molecule has 82 valence electrons. The maximum Gasteiger partial charge on any atom is 0.405 e. The molecule has 1 aliphatic carbocycles. The Labute approximate surface area is 81.9 Å². The lowest BCUT2D eigenvalue weighted by molar-refractivity contribution is -0.137. The SMILES string of the molecule is O=C(O)NC1(c2nn[nH]n2)CC(F)(F)C1. The Hall–Kier alpha value is -1.80. The average Bonchev–Trinajstić information content (AvgIpc) is 2.49. The van der Waals surface area contributed by atoms with Gasteiger partial charge in [0.05, 0.1) is 0 Å². The molecule has 1 fully saturated rings. The van der Waals surface area contributed by atoms with Crippen molar-refractivity contribution in [3.63, 3.8) is 0 Å². The quantitative estimate of drug-likeness (QED) is 0.654. The van der Waals surface area contributed by atoms with Gasteiger partial charge < -0.3 is 10.4 Å². The summed E-state index contributed by atoms with van der Waals surface area (Å²) in [5, 5.41) is 22.9. The number of alkyl halides is 2. The van der Waals surface area contributed by atoms with Gasteiger partial charge in [0, 0.05) is 12.8 Å². The molecule has 1 amide bonds. The van der Waals surface area contributed by atoms with E-state index in [0.717, 1.165) is 0 Å². The number of tetrazole rings is 1. The van der Waals surface area contributed by atoms with E-state index in [1.165, 1.54) is 0 Å². The van der Waals surface area contributed by atoms with Crippen LogP contribution in [0.3, 0.4) is 0 Å². The molecule has 2 rings (SSSR count). The van der Waals surface area contributed by atoms with Crippen LogP contribution >= 0.6 is 0 Å².